The van der Waals surface area contributed by atoms with Gasteiger partial charge in [-0.25, -0.2) is 9.78 Å². The molecular formula is C29H37N5O4. The molecule has 9 heteroatoms. The lowest BCUT2D eigenvalue weighted by Gasteiger charge is -2.30. The van der Waals surface area contributed by atoms with Crippen LogP contribution in [0.15, 0.2) is 40.5 Å². The Hall–Kier alpha value is -3.75. The van der Waals surface area contributed by atoms with Crippen LogP contribution in [-0.2, 0) is 17.7 Å². The van der Waals surface area contributed by atoms with Crippen LogP contribution in [0.3, 0.4) is 0 Å². The molecule has 1 fully saturated rings. The predicted octanol–water partition coefficient (Wildman–Crippen LogP) is 5.62. The van der Waals surface area contributed by atoms with Gasteiger partial charge < -0.3 is 19.7 Å². The Morgan fingerprint density at radius 1 is 1.18 bits per heavy atom. The van der Waals surface area contributed by atoms with Gasteiger partial charge in [0.15, 0.2) is 0 Å². The third kappa shape index (κ3) is 7.40. The molecule has 2 aromatic rings. The van der Waals surface area contributed by atoms with Crippen molar-refractivity contribution in [2.24, 2.45) is 16.1 Å². The summed E-state index contributed by atoms with van der Waals surface area (Å²) in [5, 5.41) is 11.0. The molecule has 0 bridgehead atoms. The number of hydrogen-bond acceptors (Lipinski definition) is 7. The maximum atomic E-state index is 13.2. The van der Waals surface area contributed by atoms with Gasteiger partial charge in [-0.3, -0.25) is 4.79 Å². The fraction of sp³-hybridized carbons (Fsp3) is 0.483. The lowest BCUT2D eigenvalue weighted by Crippen LogP contribution is -2.38. The number of pyridine rings is 1. The van der Waals surface area contributed by atoms with Crippen molar-refractivity contribution >= 4 is 30.2 Å². The quantitative estimate of drug-likeness (QED) is 0.342. The number of benzene rings is 1. The van der Waals surface area contributed by atoms with E-state index >= 15 is 0 Å². The molecule has 2 aliphatic rings. The van der Waals surface area contributed by atoms with E-state index in [1.165, 1.54) is 0 Å². The lowest BCUT2D eigenvalue weighted by atomic mass is 9.96. The second-order valence-electron chi connectivity index (χ2n) is 10.2. The van der Waals surface area contributed by atoms with Crippen LogP contribution in [0.4, 0.5) is 10.6 Å². The molecule has 1 N–H and O–H groups in total. The Morgan fingerprint density at radius 3 is 2.76 bits per heavy atom. The molecule has 0 atom stereocenters. The highest BCUT2D eigenvalue weighted by molar-refractivity contribution is 6.06. The molecule has 202 valence electrons. The fourth-order valence-electron chi connectivity index (χ4n) is 4.69. The SMILES string of the molecule is COc1cc2c(cc1C(=O)Nc1cccc(/C=N/N=C/CCC(C)C)n1)CN(C(=O)OC1CCCC1)CC2. The zero-order valence-corrected chi connectivity index (χ0v) is 22.5. The van der Waals surface area contributed by atoms with Crippen molar-refractivity contribution in [1.82, 2.24) is 9.88 Å². The first-order valence-corrected chi connectivity index (χ1v) is 13.4. The molecule has 0 radical (unpaired) electrons. The molecule has 9 nitrogen and oxygen atoms in total. The van der Waals surface area contributed by atoms with Gasteiger partial charge in [-0.1, -0.05) is 19.9 Å². The average molecular weight is 520 g/mol. The number of nitrogens with one attached hydrogen (secondary N) is 1. The number of amides is 2. The molecule has 1 aliphatic heterocycles. The van der Waals surface area contributed by atoms with E-state index in [0.29, 0.717) is 48.3 Å². The highest BCUT2D eigenvalue weighted by atomic mass is 16.6. The van der Waals surface area contributed by atoms with E-state index in [2.05, 4.69) is 34.4 Å². The Balaban J connectivity index is 1.42. The number of carbonyl (C=O) groups excluding carboxylic acids is 2. The van der Waals surface area contributed by atoms with Gasteiger partial charge in [-0.15, -0.1) is 0 Å². The van der Waals surface area contributed by atoms with Crippen LogP contribution < -0.4 is 10.1 Å². The molecule has 38 heavy (non-hydrogen) atoms. The largest absolute Gasteiger partial charge is 0.496 e. The molecule has 2 heterocycles. The molecule has 0 saturated heterocycles. The number of carbonyl (C=O) groups is 2. The monoisotopic (exact) mass is 519 g/mol. The average Bonchev–Trinajstić information content (AvgIpc) is 3.42. The summed E-state index contributed by atoms with van der Waals surface area (Å²) in [7, 11) is 1.55. The van der Waals surface area contributed by atoms with Gasteiger partial charge in [0, 0.05) is 19.3 Å². The molecule has 0 unspecified atom stereocenters. The maximum Gasteiger partial charge on any atom is 0.410 e. The summed E-state index contributed by atoms with van der Waals surface area (Å²) in [6.45, 7) is 5.31. The van der Waals surface area contributed by atoms with E-state index < -0.39 is 0 Å². The van der Waals surface area contributed by atoms with Crippen LogP contribution in [0.5, 0.6) is 5.75 Å². The number of ether oxygens (including phenoxy) is 2. The number of rotatable bonds is 9. The van der Waals surface area contributed by atoms with E-state index in [9.17, 15) is 9.59 Å². The third-order valence-corrected chi connectivity index (χ3v) is 6.83. The van der Waals surface area contributed by atoms with Crippen molar-refractivity contribution < 1.29 is 19.1 Å². The first-order valence-electron chi connectivity index (χ1n) is 13.4. The third-order valence-electron chi connectivity index (χ3n) is 6.83. The summed E-state index contributed by atoms with van der Waals surface area (Å²) >= 11 is 0. The zero-order valence-electron chi connectivity index (χ0n) is 22.5. The fourth-order valence-corrected chi connectivity index (χ4v) is 4.69. The van der Waals surface area contributed by atoms with Crippen molar-refractivity contribution in [3.8, 4) is 5.75 Å². The number of nitrogens with zero attached hydrogens (tertiary/aromatic N) is 4. The van der Waals surface area contributed by atoms with E-state index in [1.54, 1.807) is 48.7 Å². The second-order valence-corrected chi connectivity index (χ2v) is 10.2. The van der Waals surface area contributed by atoms with E-state index in [4.69, 9.17) is 9.47 Å². The number of fused-ring (bicyclic) bond motifs is 1. The standard InChI is InChI=1S/C29H37N5O4/c1-20(2)8-7-14-30-31-18-23-9-6-12-27(32-23)33-28(35)25-16-22-19-34(15-13-21(22)17-26(25)37-3)29(36)38-24-10-4-5-11-24/h6,9,12,14,16-18,20,24H,4-5,7-8,10-11,13,15,19H2,1-3H3,(H,32,33,35)/b30-14+,31-18+. The number of methoxy groups -OCH3 is 1. The molecule has 2 amide bonds. The number of anilines is 1. The Labute approximate surface area is 224 Å². The summed E-state index contributed by atoms with van der Waals surface area (Å²) < 4.78 is 11.2. The molecular weight excluding hydrogens is 482 g/mol. The minimum atomic E-state index is -0.344. The van der Waals surface area contributed by atoms with Crippen molar-refractivity contribution in [1.29, 1.82) is 0 Å². The first kappa shape index (κ1) is 27.3. The van der Waals surface area contributed by atoms with Gasteiger partial charge in [-0.2, -0.15) is 10.2 Å². The van der Waals surface area contributed by atoms with Crippen LogP contribution >= 0.6 is 0 Å². The highest BCUT2D eigenvalue weighted by Crippen LogP contribution is 2.30. The Kier molecular flexibility index (Phi) is 9.46. The lowest BCUT2D eigenvalue weighted by molar-refractivity contribution is 0.0618. The van der Waals surface area contributed by atoms with E-state index in [0.717, 1.165) is 49.7 Å². The predicted molar refractivity (Wildman–Crippen MR) is 148 cm³/mol. The first-order chi connectivity index (χ1) is 18.4. The summed E-state index contributed by atoms with van der Waals surface area (Å²) in [5.74, 6) is 1.16. The molecule has 1 saturated carbocycles. The number of aromatic nitrogens is 1. The van der Waals surface area contributed by atoms with Crippen LogP contribution in [0, 0.1) is 5.92 Å². The van der Waals surface area contributed by atoms with Crippen molar-refractivity contribution in [3.05, 3.63) is 52.7 Å². The van der Waals surface area contributed by atoms with Gasteiger partial charge >= 0.3 is 6.09 Å². The Morgan fingerprint density at radius 2 is 2.00 bits per heavy atom. The Bertz CT molecular complexity index is 1190. The van der Waals surface area contributed by atoms with Crippen LogP contribution in [0.25, 0.3) is 0 Å². The molecule has 0 spiro atoms. The van der Waals surface area contributed by atoms with Crippen LogP contribution in [0.1, 0.15) is 79.6 Å². The minimum Gasteiger partial charge on any atom is -0.496 e. The van der Waals surface area contributed by atoms with E-state index in [1.807, 2.05) is 6.07 Å². The minimum absolute atomic E-state index is 0.0195. The van der Waals surface area contributed by atoms with Crippen LogP contribution in [-0.4, -0.2) is 54.1 Å². The van der Waals surface area contributed by atoms with Crippen molar-refractivity contribution in [3.63, 3.8) is 0 Å². The summed E-state index contributed by atoms with van der Waals surface area (Å²) in [4.78, 5) is 32.1. The molecule has 4 rings (SSSR count). The topological polar surface area (TPSA) is 105 Å². The summed E-state index contributed by atoms with van der Waals surface area (Å²) in [6, 6.07) is 8.99. The normalized spacial score (nSPS) is 15.8. The summed E-state index contributed by atoms with van der Waals surface area (Å²) in [5.41, 5.74) is 2.94. The molecule has 1 aliphatic carbocycles. The van der Waals surface area contributed by atoms with Gasteiger partial charge in [-0.05, 0) is 86.3 Å². The molecule has 1 aromatic heterocycles. The zero-order chi connectivity index (χ0) is 26.9. The maximum absolute atomic E-state index is 13.2. The molecule has 1 aromatic carbocycles. The summed E-state index contributed by atoms with van der Waals surface area (Å²) in [6.07, 6.45) is 9.79. The van der Waals surface area contributed by atoms with Gasteiger partial charge in [0.05, 0.1) is 24.6 Å². The van der Waals surface area contributed by atoms with Crippen molar-refractivity contribution in [2.75, 3.05) is 19.0 Å². The van der Waals surface area contributed by atoms with Crippen LogP contribution in [0.2, 0.25) is 0 Å². The van der Waals surface area contributed by atoms with Gasteiger partial charge in [0.2, 0.25) is 0 Å². The second kappa shape index (κ2) is 13.2. The van der Waals surface area contributed by atoms with Gasteiger partial charge in [0.1, 0.15) is 17.7 Å². The van der Waals surface area contributed by atoms with Gasteiger partial charge in [0.25, 0.3) is 5.91 Å². The van der Waals surface area contributed by atoms with E-state index in [-0.39, 0.29) is 18.1 Å². The smallest absolute Gasteiger partial charge is 0.410 e. The number of hydrogen-bond donors (Lipinski definition) is 1. The highest BCUT2D eigenvalue weighted by Gasteiger charge is 2.27. The van der Waals surface area contributed by atoms with Crippen molar-refractivity contribution in [2.45, 2.75) is 71.4 Å².